The number of nitrogens with one attached hydrogen (secondary N) is 1. The lowest BCUT2D eigenvalue weighted by atomic mass is 10.2. The molecule has 0 saturated carbocycles. The standard InChI is InChI=1S/C9H9N.C4H8N2/c1-10-7-6-8-4-2-3-5-9(8)10;1-4-5-2-3-6-4/h2-7H,1H3;2-3H2,1H3,(H,5,6). The number of fused-ring (bicyclic) bond motifs is 1. The highest BCUT2D eigenvalue weighted by Crippen LogP contribution is 2.12. The zero-order chi connectivity index (χ0) is 11.4. The molecule has 1 aromatic carbocycles. The number of hydrogen-bond donors (Lipinski definition) is 1. The van der Waals surface area contributed by atoms with Gasteiger partial charge in [0.25, 0.3) is 0 Å². The van der Waals surface area contributed by atoms with Crippen LogP contribution in [0.5, 0.6) is 0 Å². The topological polar surface area (TPSA) is 29.3 Å². The van der Waals surface area contributed by atoms with Crippen molar-refractivity contribution in [3.63, 3.8) is 0 Å². The molecule has 1 aliphatic heterocycles. The van der Waals surface area contributed by atoms with Crippen LogP contribution in [0.15, 0.2) is 41.5 Å². The third-order valence-electron chi connectivity index (χ3n) is 2.64. The molecule has 1 aromatic heterocycles. The van der Waals surface area contributed by atoms with Gasteiger partial charge in [-0.1, -0.05) is 18.2 Å². The third-order valence-corrected chi connectivity index (χ3v) is 2.64. The quantitative estimate of drug-likeness (QED) is 0.717. The van der Waals surface area contributed by atoms with Crippen molar-refractivity contribution < 1.29 is 0 Å². The summed E-state index contributed by atoms with van der Waals surface area (Å²) in [5.41, 5.74) is 1.29. The van der Waals surface area contributed by atoms with E-state index in [4.69, 9.17) is 0 Å². The maximum absolute atomic E-state index is 4.04. The highest BCUT2D eigenvalue weighted by atomic mass is 15.0. The normalized spacial score (nSPS) is 14.0. The number of aryl methyl sites for hydroxylation is 1. The van der Waals surface area contributed by atoms with Crippen LogP contribution in [0.4, 0.5) is 0 Å². The molecule has 1 aliphatic rings. The number of aliphatic imine (C=N–C) groups is 1. The zero-order valence-electron chi connectivity index (χ0n) is 9.77. The fraction of sp³-hybridized carbons (Fsp3) is 0.308. The Morgan fingerprint density at radius 3 is 2.62 bits per heavy atom. The van der Waals surface area contributed by atoms with Gasteiger partial charge in [-0.3, -0.25) is 4.99 Å². The Kier molecular flexibility index (Phi) is 3.25. The lowest BCUT2D eigenvalue weighted by molar-refractivity contribution is 0.958. The Labute approximate surface area is 95.8 Å². The molecule has 0 amide bonds. The molecule has 84 valence electrons. The summed E-state index contributed by atoms with van der Waals surface area (Å²) >= 11 is 0. The second-order valence-electron chi connectivity index (χ2n) is 3.88. The van der Waals surface area contributed by atoms with Crippen LogP contribution in [-0.2, 0) is 7.05 Å². The van der Waals surface area contributed by atoms with Crippen molar-refractivity contribution in [1.82, 2.24) is 9.88 Å². The molecule has 0 saturated heterocycles. The van der Waals surface area contributed by atoms with Crippen LogP contribution in [-0.4, -0.2) is 23.5 Å². The van der Waals surface area contributed by atoms with Crippen LogP contribution in [0.3, 0.4) is 0 Å². The minimum absolute atomic E-state index is 0.964. The van der Waals surface area contributed by atoms with Crippen LogP contribution in [0, 0.1) is 0 Å². The highest BCUT2D eigenvalue weighted by Gasteiger charge is 1.93. The van der Waals surface area contributed by atoms with Crippen molar-refractivity contribution in [2.75, 3.05) is 13.1 Å². The Hall–Kier alpha value is -1.77. The zero-order valence-corrected chi connectivity index (χ0v) is 9.77. The van der Waals surface area contributed by atoms with Gasteiger partial charge in [-0.05, 0) is 24.4 Å². The highest BCUT2D eigenvalue weighted by molar-refractivity contribution is 5.80. The number of nitrogens with zero attached hydrogens (tertiary/aromatic N) is 2. The van der Waals surface area contributed by atoms with Crippen LogP contribution in [0.25, 0.3) is 10.9 Å². The first-order valence-electron chi connectivity index (χ1n) is 5.52. The first-order chi connectivity index (χ1) is 7.77. The van der Waals surface area contributed by atoms with Crippen molar-refractivity contribution >= 4 is 16.7 Å². The SMILES string of the molecule is CC1=NCCN1.Cn1ccc2ccccc21. The van der Waals surface area contributed by atoms with Gasteiger partial charge in [0.2, 0.25) is 0 Å². The van der Waals surface area contributed by atoms with Gasteiger partial charge in [-0.25, -0.2) is 0 Å². The monoisotopic (exact) mass is 215 g/mol. The molecule has 1 N–H and O–H groups in total. The molecule has 2 heterocycles. The van der Waals surface area contributed by atoms with Gasteiger partial charge >= 0.3 is 0 Å². The summed E-state index contributed by atoms with van der Waals surface area (Å²) < 4.78 is 2.12. The van der Waals surface area contributed by atoms with Crippen molar-refractivity contribution in [2.24, 2.45) is 12.0 Å². The Morgan fingerprint density at radius 2 is 2.06 bits per heavy atom. The smallest absolute Gasteiger partial charge is 0.0933 e. The molecule has 3 nitrogen and oxygen atoms in total. The van der Waals surface area contributed by atoms with Gasteiger partial charge in [0.15, 0.2) is 0 Å². The first-order valence-corrected chi connectivity index (χ1v) is 5.52. The third kappa shape index (κ3) is 2.42. The Bertz CT molecular complexity index is 497. The van der Waals surface area contributed by atoms with E-state index in [2.05, 4.69) is 58.5 Å². The number of aromatic nitrogens is 1. The number of rotatable bonds is 0. The van der Waals surface area contributed by atoms with Crippen LogP contribution < -0.4 is 5.32 Å². The molecule has 0 radical (unpaired) electrons. The van der Waals surface area contributed by atoms with Crippen molar-refractivity contribution in [1.29, 1.82) is 0 Å². The predicted octanol–water partition coefficient (Wildman–Crippen LogP) is 2.19. The lowest BCUT2D eigenvalue weighted by Crippen LogP contribution is -2.13. The van der Waals surface area contributed by atoms with Crippen molar-refractivity contribution in [3.05, 3.63) is 36.5 Å². The van der Waals surface area contributed by atoms with Crippen LogP contribution in [0.1, 0.15) is 6.92 Å². The van der Waals surface area contributed by atoms with Crippen LogP contribution in [0.2, 0.25) is 0 Å². The van der Waals surface area contributed by atoms with E-state index in [1.54, 1.807) is 0 Å². The van der Waals surface area contributed by atoms with Gasteiger partial charge in [0, 0.05) is 25.3 Å². The molecule has 3 rings (SSSR count). The number of hydrogen-bond acceptors (Lipinski definition) is 2. The fourth-order valence-corrected chi connectivity index (χ4v) is 1.74. The summed E-state index contributed by atoms with van der Waals surface area (Å²) in [6.07, 6.45) is 2.07. The summed E-state index contributed by atoms with van der Waals surface area (Å²) in [5, 5.41) is 4.38. The molecule has 3 heteroatoms. The van der Waals surface area contributed by atoms with Gasteiger partial charge in [-0.15, -0.1) is 0 Å². The molecule has 16 heavy (non-hydrogen) atoms. The molecule has 0 aliphatic carbocycles. The number of benzene rings is 1. The van der Waals surface area contributed by atoms with Gasteiger partial charge < -0.3 is 9.88 Å². The minimum Gasteiger partial charge on any atom is -0.372 e. The fourth-order valence-electron chi connectivity index (χ4n) is 1.74. The largest absolute Gasteiger partial charge is 0.372 e. The molecule has 0 bridgehead atoms. The maximum atomic E-state index is 4.04. The molecule has 0 unspecified atom stereocenters. The summed E-state index contributed by atoms with van der Waals surface area (Å²) in [4.78, 5) is 4.04. The summed E-state index contributed by atoms with van der Waals surface area (Å²) in [6.45, 7) is 3.98. The van der Waals surface area contributed by atoms with Crippen LogP contribution >= 0.6 is 0 Å². The van der Waals surface area contributed by atoms with E-state index in [0.29, 0.717) is 0 Å². The van der Waals surface area contributed by atoms with Gasteiger partial charge in [0.1, 0.15) is 0 Å². The number of para-hydroxylation sites is 1. The molecule has 0 atom stereocenters. The average Bonchev–Trinajstić information content (AvgIpc) is 2.91. The lowest BCUT2D eigenvalue weighted by Gasteiger charge is -1.92. The van der Waals surface area contributed by atoms with E-state index in [1.165, 1.54) is 10.9 Å². The van der Waals surface area contributed by atoms with E-state index in [1.807, 2.05) is 6.92 Å². The summed E-state index contributed by atoms with van der Waals surface area (Å²) in [7, 11) is 2.06. The van der Waals surface area contributed by atoms with E-state index < -0.39 is 0 Å². The van der Waals surface area contributed by atoms with E-state index in [0.717, 1.165) is 18.9 Å². The Balaban J connectivity index is 0.000000138. The second kappa shape index (κ2) is 4.84. The molecule has 2 aromatic rings. The van der Waals surface area contributed by atoms with Gasteiger partial charge in [0.05, 0.1) is 12.4 Å². The van der Waals surface area contributed by atoms with E-state index in [9.17, 15) is 0 Å². The molecule has 0 fully saturated rings. The van der Waals surface area contributed by atoms with E-state index in [-0.39, 0.29) is 0 Å². The van der Waals surface area contributed by atoms with E-state index >= 15 is 0 Å². The predicted molar refractivity (Wildman–Crippen MR) is 68.9 cm³/mol. The molecular weight excluding hydrogens is 198 g/mol. The summed E-state index contributed by atoms with van der Waals surface area (Å²) in [6, 6.07) is 10.5. The maximum Gasteiger partial charge on any atom is 0.0933 e. The average molecular weight is 215 g/mol. The Morgan fingerprint density at radius 1 is 1.25 bits per heavy atom. The first kappa shape index (κ1) is 10.7. The van der Waals surface area contributed by atoms with Crippen molar-refractivity contribution in [3.8, 4) is 0 Å². The van der Waals surface area contributed by atoms with Gasteiger partial charge in [-0.2, -0.15) is 0 Å². The minimum atomic E-state index is 0.964. The molecule has 0 spiro atoms. The second-order valence-corrected chi connectivity index (χ2v) is 3.88. The number of amidine groups is 1. The molecular formula is C13H17N3. The summed E-state index contributed by atoms with van der Waals surface area (Å²) in [5.74, 6) is 1.08. The van der Waals surface area contributed by atoms with Crippen molar-refractivity contribution in [2.45, 2.75) is 6.92 Å².